The van der Waals surface area contributed by atoms with Crippen molar-refractivity contribution in [2.24, 2.45) is 5.73 Å². The molecule has 112 valence electrons. The van der Waals surface area contributed by atoms with Gasteiger partial charge in [0.25, 0.3) is 0 Å². The molecule has 0 radical (unpaired) electrons. The minimum atomic E-state index is 0.0668. The molecule has 0 aliphatic rings. The minimum absolute atomic E-state index is 0.0668. The van der Waals surface area contributed by atoms with E-state index in [0.717, 1.165) is 46.4 Å². The largest absolute Gasteiger partial charge is 0.384 e. The van der Waals surface area contributed by atoms with Gasteiger partial charge in [-0.1, -0.05) is 26.8 Å². The maximum Gasteiger partial charge on any atom is 0.151 e. The Labute approximate surface area is 129 Å². The number of aromatic nitrogens is 3. The molecular weight excluding hydrogens is 282 g/mol. The van der Waals surface area contributed by atoms with Crippen LogP contribution in [0.3, 0.4) is 0 Å². The standard InChI is InChI=1S/C15H21N5S/c1-4-12-18-13(5-2)20(19-12)10-8-7-9-11(21-6-3)14(10)15(16)17/h7-9H,4-6H2,1-3H3,(H3,16,17). The van der Waals surface area contributed by atoms with Gasteiger partial charge >= 0.3 is 0 Å². The first kappa shape index (κ1) is 15.6. The first-order valence-electron chi connectivity index (χ1n) is 7.17. The van der Waals surface area contributed by atoms with Crippen LogP contribution in [-0.4, -0.2) is 26.4 Å². The second-order valence-electron chi connectivity index (χ2n) is 4.56. The summed E-state index contributed by atoms with van der Waals surface area (Å²) in [6, 6.07) is 5.92. The van der Waals surface area contributed by atoms with Gasteiger partial charge in [0, 0.05) is 17.7 Å². The molecule has 1 aromatic carbocycles. The average molecular weight is 303 g/mol. The van der Waals surface area contributed by atoms with Crippen molar-refractivity contribution in [3.8, 4) is 5.69 Å². The highest BCUT2D eigenvalue weighted by Crippen LogP contribution is 2.27. The van der Waals surface area contributed by atoms with Crippen LogP contribution >= 0.6 is 11.8 Å². The number of benzene rings is 1. The highest BCUT2D eigenvalue weighted by atomic mass is 32.2. The minimum Gasteiger partial charge on any atom is -0.384 e. The summed E-state index contributed by atoms with van der Waals surface area (Å²) >= 11 is 1.68. The topological polar surface area (TPSA) is 80.6 Å². The Morgan fingerprint density at radius 2 is 2.05 bits per heavy atom. The number of rotatable bonds is 6. The normalized spacial score (nSPS) is 10.8. The molecule has 0 unspecified atom stereocenters. The van der Waals surface area contributed by atoms with Crippen LogP contribution in [0.4, 0.5) is 0 Å². The fourth-order valence-corrected chi connectivity index (χ4v) is 3.05. The van der Waals surface area contributed by atoms with Crippen molar-refractivity contribution >= 4 is 17.6 Å². The summed E-state index contributed by atoms with van der Waals surface area (Å²) in [7, 11) is 0. The van der Waals surface area contributed by atoms with Crippen molar-refractivity contribution in [3.63, 3.8) is 0 Å². The lowest BCUT2D eigenvalue weighted by Crippen LogP contribution is -2.17. The van der Waals surface area contributed by atoms with Crippen molar-refractivity contribution < 1.29 is 0 Å². The van der Waals surface area contributed by atoms with E-state index in [4.69, 9.17) is 11.1 Å². The van der Waals surface area contributed by atoms with Gasteiger partial charge in [-0.15, -0.1) is 11.8 Å². The Morgan fingerprint density at radius 3 is 2.62 bits per heavy atom. The monoisotopic (exact) mass is 303 g/mol. The summed E-state index contributed by atoms with van der Waals surface area (Å²) in [4.78, 5) is 5.55. The third-order valence-electron chi connectivity index (χ3n) is 3.15. The summed E-state index contributed by atoms with van der Waals surface area (Å²) in [5.41, 5.74) is 7.40. The molecule has 5 nitrogen and oxygen atoms in total. The summed E-state index contributed by atoms with van der Waals surface area (Å²) in [6.45, 7) is 6.18. The SMILES string of the molecule is CCSc1cccc(-n2nc(CC)nc2CC)c1C(=N)N. The van der Waals surface area contributed by atoms with E-state index in [1.807, 2.05) is 29.8 Å². The molecule has 2 aromatic rings. The molecule has 0 saturated heterocycles. The van der Waals surface area contributed by atoms with Crippen LogP contribution in [0.25, 0.3) is 5.69 Å². The number of thioether (sulfide) groups is 1. The zero-order valence-corrected chi connectivity index (χ0v) is 13.5. The summed E-state index contributed by atoms with van der Waals surface area (Å²) in [5.74, 6) is 2.71. The van der Waals surface area contributed by atoms with Crippen molar-refractivity contribution in [2.45, 2.75) is 38.5 Å². The summed E-state index contributed by atoms with van der Waals surface area (Å²) in [5, 5.41) is 12.5. The lowest BCUT2D eigenvalue weighted by atomic mass is 10.1. The summed E-state index contributed by atoms with van der Waals surface area (Å²) in [6.07, 6.45) is 1.58. The second kappa shape index (κ2) is 6.76. The molecule has 0 amide bonds. The van der Waals surface area contributed by atoms with Crippen molar-refractivity contribution in [2.75, 3.05) is 5.75 Å². The number of nitrogen functional groups attached to an aromatic ring is 1. The first-order chi connectivity index (χ1) is 10.1. The maximum atomic E-state index is 7.93. The van der Waals surface area contributed by atoms with Crippen LogP contribution in [0.15, 0.2) is 23.1 Å². The molecule has 2 rings (SSSR count). The molecule has 0 fully saturated rings. The number of nitrogens with one attached hydrogen (secondary N) is 1. The summed E-state index contributed by atoms with van der Waals surface area (Å²) < 4.78 is 1.83. The highest BCUT2D eigenvalue weighted by Gasteiger charge is 2.17. The van der Waals surface area contributed by atoms with Crippen LogP contribution in [0.1, 0.15) is 38.0 Å². The Balaban J connectivity index is 2.65. The molecule has 21 heavy (non-hydrogen) atoms. The molecule has 0 atom stereocenters. The maximum absolute atomic E-state index is 7.93. The van der Waals surface area contributed by atoms with Gasteiger partial charge in [0.15, 0.2) is 5.82 Å². The third-order valence-corrected chi connectivity index (χ3v) is 4.09. The third kappa shape index (κ3) is 3.10. The smallest absolute Gasteiger partial charge is 0.151 e. The molecule has 0 aliphatic heterocycles. The predicted octanol–water partition coefficient (Wildman–Crippen LogP) is 2.79. The molecule has 1 heterocycles. The zero-order valence-electron chi connectivity index (χ0n) is 12.7. The van der Waals surface area contributed by atoms with Gasteiger partial charge in [-0.25, -0.2) is 9.67 Å². The quantitative estimate of drug-likeness (QED) is 0.488. The van der Waals surface area contributed by atoms with Crippen LogP contribution < -0.4 is 5.73 Å². The average Bonchev–Trinajstić information content (AvgIpc) is 2.90. The second-order valence-corrected chi connectivity index (χ2v) is 5.87. The molecule has 3 N–H and O–H groups in total. The number of nitrogens with two attached hydrogens (primary N) is 1. The van der Waals surface area contributed by atoms with Crippen molar-refractivity contribution in [1.82, 2.24) is 14.8 Å². The van der Waals surface area contributed by atoms with Crippen molar-refractivity contribution in [3.05, 3.63) is 35.4 Å². The lowest BCUT2D eigenvalue weighted by molar-refractivity contribution is 0.787. The van der Waals surface area contributed by atoms with Crippen LogP contribution in [-0.2, 0) is 12.8 Å². The Bertz CT molecular complexity index is 648. The number of hydrogen-bond acceptors (Lipinski definition) is 4. The molecule has 0 saturated carbocycles. The zero-order chi connectivity index (χ0) is 15.4. The van der Waals surface area contributed by atoms with Gasteiger partial charge in [0.2, 0.25) is 0 Å². The Kier molecular flexibility index (Phi) is 5.01. The molecule has 1 aromatic heterocycles. The highest BCUT2D eigenvalue weighted by molar-refractivity contribution is 7.99. The molecular formula is C15H21N5S. The van der Waals surface area contributed by atoms with E-state index in [-0.39, 0.29) is 5.84 Å². The van der Waals surface area contributed by atoms with Gasteiger partial charge in [0.05, 0.1) is 11.3 Å². The van der Waals surface area contributed by atoms with Crippen LogP contribution in [0.5, 0.6) is 0 Å². The van der Waals surface area contributed by atoms with E-state index in [1.165, 1.54) is 0 Å². The number of aryl methyl sites for hydroxylation is 2. The molecule has 0 bridgehead atoms. The van der Waals surface area contributed by atoms with Gasteiger partial charge in [0.1, 0.15) is 11.7 Å². The Hall–Kier alpha value is -1.82. The van der Waals surface area contributed by atoms with Crippen LogP contribution in [0.2, 0.25) is 0 Å². The fourth-order valence-electron chi connectivity index (χ4n) is 2.21. The van der Waals surface area contributed by atoms with E-state index in [0.29, 0.717) is 0 Å². The van der Waals surface area contributed by atoms with E-state index in [2.05, 4.69) is 23.9 Å². The van der Waals surface area contributed by atoms with Gasteiger partial charge in [-0.3, -0.25) is 5.41 Å². The first-order valence-corrected chi connectivity index (χ1v) is 8.16. The van der Waals surface area contributed by atoms with Crippen LogP contribution in [0, 0.1) is 5.41 Å². The van der Waals surface area contributed by atoms with Gasteiger partial charge < -0.3 is 5.73 Å². The fraction of sp³-hybridized carbons (Fsp3) is 0.400. The molecule has 6 heteroatoms. The Morgan fingerprint density at radius 1 is 1.29 bits per heavy atom. The van der Waals surface area contributed by atoms with E-state index in [1.54, 1.807) is 11.8 Å². The molecule has 0 aliphatic carbocycles. The van der Waals surface area contributed by atoms with Crippen molar-refractivity contribution in [1.29, 1.82) is 5.41 Å². The predicted molar refractivity (Wildman–Crippen MR) is 87.5 cm³/mol. The number of amidine groups is 1. The molecule has 0 spiro atoms. The number of nitrogens with zero attached hydrogens (tertiary/aromatic N) is 3. The van der Waals surface area contributed by atoms with Gasteiger partial charge in [-0.05, 0) is 17.9 Å². The van der Waals surface area contributed by atoms with E-state index < -0.39 is 0 Å². The lowest BCUT2D eigenvalue weighted by Gasteiger charge is -2.14. The van der Waals surface area contributed by atoms with E-state index >= 15 is 0 Å². The van der Waals surface area contributed by atoms with Gasteiger partial charge in [-0.2, -0.15) is 5.10 Å². The van der Waals surface area contributed by atoms with E-state index in [9.17, 15) is 0 Å². The number of hydrogen-bond donors (Lipinski definition) is 2.